The maximum Gasteiger partial charge on any atom is 0.223 e. The number of carbonyl (C=O) groups is 1. The summed E-state index contributed by atoms with van der Waals surface area (Å²) in [7, 11) is 0. The van der Waals surface area contributed by atoms with E-state index in [9.17, 15) is 19.4 Å². The summed E-state index contributed by atoms with van der Waals surface area (Å²) in [6.45, 7) is 1.51. The number of aliphatic hydroxyl groups is 2. The summed E-state index contributed by atoms with van der Waals surface area (Å²) in [5.41, 5.74) is -0.156. The van der Waals surface area contributed by atoms with E-state index >= 15 is 0 Å². The standard InChI is InChI=1S/C18H20FNO3/c1-18(23,14-7-9-15(19)10-8-14)12-20-17(22)11-16(21)13-5-3-2-4-6-13/h2-10,16,21,23H,11-12H2,1H3,(H,20,22). The fourth-order valence-electron chi connectivity index (χ4n) is 2.22. The van der Waals surface area contributed by atoms with Gasteiger partial charge in [-0.3, -0.25) is 4.79 Å². The summed E-state index contributed by atoms with van der Waals surface area (Å²) in [4.78, 5) is 11.9. The molecule has 4 nitrogen and oxygen atoms in total. The minimum absolute atomic E-state index is 0.0288. The van der Waals surface area contributed by atoms with E-state index in [1.165, 1.54) is 31.2 Å². The molecule has 2 aromatic rings. The van der Waals surface area contributed by atoms with Crippen molar-refractivity contribution in [3.8, 4) is 0 Å². The van der Waals surface area contributed by atoms with Crippen LogP contribution in [0.1, 0.15) is 30.6 Å². The van der Waals surface area contributed by atoms with Crippen molar-refractivity contribution in [2.45, 2.75) is 25.0 Å². The lowest BCUT2D eigenvalue weighted by Crippen LogP contribution is -2.39. The first-order chi connectivity index (χ1) is 10.9. The quantitative estimate of drug-likeness (QED) is 0.765. The third kappa shape index (κ3) is 4.87. The zero-order valence-corrected chi connectivity index (χ0v) is 12.9. The Hall–Kier alpha value is -2.24. The Kier molecular flexibility index (Phi) is 5.47. The van der Waals surface area contributed by atoms with Gasteiger partial charge in [0, 0.05) is 0 Å². The van der Waals surface area contributed by atoms with Crippen molar-refractivity contribution in [2.75, 3.05) is 6.54 Å². The molecule has 2 atom stereocenters. The van der Waals surface area contributed by atoms with E-state index in [0.717, 1.165) is 0 Å². The molecule has 2 aromatic carbocycles. The number of hydrogen-bond acceptors (Lipinski definition) is 3. The van der Waals surface area contributed by atoms with Crippen LogP contribution in [0.5, 0.6) is 0 Å². The molecular weight excluding hydrogens is 297 g/mol. The van der Waals surface area contributed by atoms with E-state index in [-0.39, 0.29) is 24.7 Å². The number of carbonyl (C=O) groups excluding carboxylic acids is 1. The molecule has 5 heteroatoms. The van der Waals surface area contributed by atoms with Crippen molar-refractivity contribution in [1.29, 1.82) is 0 Å². The predicted molar refractivity (Wildman–Crippen MR) is 85.0 cm³/mol. The smallest absolute Gasteiger partial charge is 0.223 e. The van der Waals surface area contributed by atoms with Crippen LogP contribution >= 0.6 is 0 Å². The monoisotopic (exact) mass is 317 g/mol. The molecule has 0 aliphatic rings. The molecule has 0 fully saturated rings. The van der Waals surface area contributed by atoms with Crippen LogP contribution in [-0.2, 0) is 10.4 Å². The molecule has 0 aliphatic carbocycles. The highest BCUT2D eigenvalue weighted by Gasteiger charge is 2.24. The minimum atomic E-state index is -1.32. The van der Waals surface area contributed by atoms with Gasteiger partial charge in [-0.2, -0.15) is 0 Å². The predicted octanol–water partition coefficient (Wildman–Crippen LogP) is 2.27. The lowest BCUT2D eigenvalue weighted by Gasteiger charge is -2.24. The number of aliphatic hydroxyl groups excluding tert-OH is 1. The van der Waals surface area contributed by atoms with Gasteiger partial charge in [-0.15, -0.1) is 0 Å². The molecule has 0 heterocycles. The summed E-state index contributed by atoms with van der Waals surface area (Å²) >= 11 is 0. The average Bonchev–Trinajstić information content (AvgIpc) is 2.54. The maximum absolute atomic E-state index is 12.9. The van der Waals surface area contributed by atoms with Gasteiger partial charge in [0.25, 0.3) is 0 Å². The van der Waals surface area contributed by atoms with Crippen LogP contribution in [0.15, 0.2) is 54.6 Å². The van der Waals surface area contributed by atoms with Crippen LogP contribution in [0.25, 0.3) is 0 Å². The molecular formula is C18H20FNO3. The van der Waals surface area contributed by atoms with Crippen LogP contribution in [0.3, 0.4) is 0 Å². The Labute approximate surface area is 134 Å². The van der Waals surface area contributed by atoms with Gasteiger partial charge < -0.3 is 15.5 Å². The molecule has 0 bridgehead atoms. The van der Waals surface area contributed by atoms with Crippen LogP contribution in [-0.4, -0.2) is 22.7 Å². The number of rotatable bonds is 6. The minimum Gasteiger partial charge on any atom is -0.388 e. The highest BCUT2D eigenvalue weighted by atomic mass is 19.1. The van der Waals surface area contributed by atoms with Gasteiger partial charge in [-0.1, -0.05) is 42.5 Å². The van der Waals surface area contributed by atoms with E-state index in [1.54, 1.807) is 24.3 Å². The molecule has 0 saturated heterocycles. The Morgan fingerprint density at radius 1 is 1.17 bits per heavy atom. The highest BCUT2D eigenvalue weighted by Crippen LogP contribution is 2.20. The second kappa shape index (κ2) is 7.35. The molecule has 0 spiro atoms. The van der Waals surface area contributed by atoms with E-state index in [4.69, 9.17) is 0 Å². The van der Waals surface area contributed by atoms with Crippen LogP contribution in [0, 0.1) is 5.82 Å². The lowest BCUT2D eigenvalue weighted by atomic mass is 9.96. The van der Waals surface area contributed by atoms with Gasteiger partial charge in [0.2, 0.25) is 5.91 Å². The molecule has 0 radical (unpaired) electrons. The topological polar surface area (TPSA) is 69.6 Å². The second-order valence-electron chi connectivity index (χ2n) is 5.69. The maximum atomic E-state index is 12.9. The second-order valence-corrected chi connectivity index (χ2v) is 5.69. The van der Waals surface area contributed by atoms with Gasteiger partial charge in [0.05, 0.1) is 19.1 Å². The third-order valence-electron chi connectivity index (χ3n) is 3.66. The number of amides is 1. The molecule has 2 rings (SSSR count). The SMILES string of the molecule is CC(O)(CNC(=O)CC(O)c1ccccc1)c1ccc(F)cc1. The highest BCUT2D eigenvalue weighted by molar-refractivity contribution is 5.76. The number of halogens is 1. The van der Waals surface area contributed by atoms with Crippen molar-refractivity contribution >= 4 is 5.91 Å². The van der Waals surface area contributed by atoms with Crippen molar-refractivity contribution < 1.29 is 19.4 Å². The molecule has 1 amide bonds. The van der Waals surface area contributed by atoms with Crippen molar-refractivity contribution in [3.63, 3.8) is 0 Å². The van der Waals surface area contributed by atoms with E-state index in [1.807, 2.05) is 6.07 Å². The van der Waals surface area contributed by atoms with Crippen molar-refractivity contribution in [3.05, 3.63) is 71.5 Å². The molecule has 122 valence electrons. The first-order valence-corrected chi connectivity index (χ1v) is 7.36. The normalized spacial score (nSPS) is 14.8. The number of hydrogen-bond donors (Lipinski definition) is 3. The third-order valence-corrected chi connectivity index (χ3v) is 3.66. The summed E-state index contributed by atoms with van der Waals surface area (Å²) in [5.74, 6) is -0.761. The lowest BCUT2D eigenvalue weighted by molar-refractivity contribution is -0.124. The summed E-state index contributed by atoms with van der Waals surface area (Å²) in [5, 5.41) is 23.0. The molecule has 0 aliphatic heterocycles. The molecule has 0 aromatic heterocycles. The fraction of sp³-hybridized carbons (Fsp3) is 0.278. The van der Waals surface area contributed by atoms with Gasteiger partial charge in [0.1, 0.15) is 11.4 Å². The van der Waals surface area contributed by atoms with Crippen LogP contribution in [0.2, 0.25) is 0 Å². The van der Waals surface area contributed by atoms with Crippen molar-refractivity contribution in [1.82, 2.24) is 5.32 Å². The molecule has 2 unspecified atom stereocenters. The number of benzene rings is 2. The van der Waals surface area contributed by atoms with Crippen molar-refractivity contribution in [2.24, 2.45) is 0 Å². The summed E-state index contributed by atoms with van der Waals surface area (Å²) < 4.78 is 12.9. The molecule has 0 saturated carbocycles. The van der Waals surface area contributed by atoms with E-state index in [0.29, 0.717) is 11.1 Å². The zero-order chi connectivity index (χ0) is 16.9. The van der Waals surface area contributed by atoms with E-state index < -0.39 is 11.7 Å². The Morgan fingerprint density at radius 2 is 1.78 bits per heavy atom. The first-order valence-electron chi connectivity index (χ1n) is 7.36. The number of nitrogens with one attached hydrogen (secondary N) is 1. The van der Waals surface area contributed by atoms with Gasteiger partial charge >= 0.3 is 0 Å². The van der Waals surface area contributed by atoms with Crippen LogP contribution < -0.4 is 5.32 Å². The Bertz CT molecular complexity index is 641. The summed E-state index contributed by atoms with van der Waals surface area (Å²) in [6.07, 6.45) is -0.990. The zero-order valence-electron chi connectivity index (χ0n) is 12.9. The van der Waals surface area contributed by atoms with Gasteiger partial charge in [-0.25, -0.2) is 4.39 Å². The van der Waals surface area contributed by atoms with Crippen LogP contribution in [0.4, 0.5) is 4.39 Å². The Balaban J connectivity index is 1.89. The molecule has 23 heavy (non-hydrogen) atoms. The Morgan fingerprint density at radius 3 is 2.39 bits per heavy atom. The average molecular weight is 317 g/mol. The molecule has 3 N–H and O–H groups in total. The largest absolute Gasteiger partial charge is 0.388 e. The first kappa shape index (κ1) is 17.1. The summed E-state index contributed by atoms with van der Waals surface area (Å²) in [6, 6.07) is 14.3. The fourth-order valence-corrected chi connectivity index (χ4v) is 2.22. The van der Waals surface area contributed by atoms with Gasteiger partial charge in [-0.05, 0) is 30.2 Å². The van der Waals surface area contributed by atoms with Gasteiger partial charge in [0.15, 0.2) is 0 Å². The van der Waals surface area contributed by atoms with E-state index in [2.05, 4.69) is 5.32 Å².